The number of aromatic nitrogens is 2. The van der Waals surface area contributed by atoms with E-state index in [0.717, 1.165) is 44.6 Å². The van der Waals surface area contributed by atoms with Crippen molar-refractivity contribution in [1.82, 2.24) is 9.55 Å². The van der Waals surface area contributed by atoms with E-state index in [1.54, 1.807) is 0 Å². The molecule has 0 atom stereocenters. The molecule has 9 rings (SSSR count). The molecule has 0 spiro atoms. The Morgan fingerprint density at radius 3 is 1.62 bits per heavy atom. The minimum Gasteiger partial charge on any atom is -0.509 e. The quantitative estimate of drug-likeness (QED) is 0.135. The summed E-state index contributed by atoms with van der Waals surface area (Å²) in [6.45, 7) is 38.9. The largest absolute Gasteiger partial charge is 0.509 e. The number of allylic oxidation sites excluding steroid dienone is 1. The zero-order chi connectivity index (χ0) is 51.1. The van der Waals surface area contributed by atoms with E-state index >= 15 is 0 Å². The van der Waals surface area contributed by atoms with Crippen LogP contribution in [0.15, 0.2) is 152 Å². The Morgan fingerprint density at radius 1 is 0.472 bits per heavy atom. The Kier molecular flexibility index (Phi) is 13.7. The summed E-state index contributed by atoms with van der Waals surface area (Å²) < 4.78 is 9.31. The van der Waals surface area contributed by atoms with Gasteiger partial charge < -0.3 is 19.1 Å². The maximum atomic E-state index is 7.05. The molecule has 0 fully saturated rings. The summed E-state index contributed by atoms with van der Waals surface area (Å²) in [5, 5.41) is 2.25. The molecule has 1 aliphatic heterocycles. The van der Waals surface area contributed by atoms with Crippen LogP contribution in [0.1, 0.15) is 150 Å². The molecule has 2 aromatic heterocycles. The average molecular weight is 1130 g/mol. The molecule has 72 heavy (non-hydrogen) atoms. The monoisotopic (exact) mass is 1130 g/mol. The minimum atomic E-state index is -0.364. The summed E-state index contributed by atoms with van der Waals surface area (Å²) in [5.74, 6) is 2.05. The van der Waals surface area contributed by atoms with Crippen LogP contribution in [-0.2, 0) is 48.1 Å². The second kappa shape index (κ2) is 18.9. The number of nitrogens with zero attached hydrogens (tertiary/aromatic N) is 4. The van der Waals surface area contributed by atoms with Gasteiger partial charge in [-0.2, -0.15) is 6.07 Å². The van der Waals surface area contributed by atoms with Crippen molar-refractivity contribution in [3.8, 4) is 17.3 Å². The van der Waals surface area contributed by atoms with E-state index in [1.807, 2.05) is 6.20 Å². The summed E-state index contributed by atoms with van der Waals surface area (Å²) >= 11 is 0. The van der Waals surface area contributed by atoms with Gasteiger partial charge in [-0.3, -0.25) is 0 Å². The number of fused-ring (bicyclic) bond motifs is 3. The van der Waals surface area contributed by atoms with Crippen molar-refractivity contribution in [3.63, 3.8) is 0 Å². The van der Waals surface area contributed by atoms with Gasteiger partial charge in [-0.05, 0) is 97.0 Å². The third kappa shape index (κ3) is 10.2. The van der Waals surface area contributed by atoms with Gasteiger partial charge in [0.1, 0.15) is 5.82 Å². The Hall–Kier alpha value is -5.90. The van der Waals surface area contributed by atoms with Crippen LogP contribution in [0.4, 0.5) is 11.4 Å². The van der Waals surface area contributed by atoms with Crippen molar-refractivity contribution in [3.05, 3.63) is 209 Å². The smallest absolute Gasteiger partial charge is 0.135 e. The zero-order valence-electron chi connectivity index (χ0n) is 45.4. The molecule has 0 radical (unpaired) electrons. The second-order valence-electron chi connectivity index (χ2n) is 24.9. The molecule has 5 nitrogen and oxygen atoms in total. The number of hydrogen-bond acceptors (Lipinski definition) is 4. The van der Waals surface area contributed by atoms with Crippen LogP contribution < -0.4 is 14.5 Å². The van der Waals surface area contributed by atoms with Crippen LogP contribution in [0.25, 0.3) is 27.6 Å². The molecule has 0 amide bonds. The van der Waals surface area contributed by atoms with E-state index in [0.29, 0.717) is 11.5 Å². The molecule has 6 heteroatoms. The number of hydrogen-bond donors (Lipinski definition) is 0. The van der Waals surface area contributed by atoms with Crippen molar-refractivity contribution >= 4 is 33.2 Å². The average Bonchev–Trinajstić information content (AvgIpc) is 3.92. The van der Waals surface area contributed by atoms with Gasteiger partial charge in [0, 0.05) is 66.5 Å². The fourth-order valence-electron chi connectivity index (χ4n) is 9.79. The molecule has 0 saturated carbocycles. The Labute approximate surface area is 445 Å². The number of rotatable bonds is 9. The second-order valence-corrected chi connectivity index (χ2v) is 24.9. The fourth-order valence-corrected chi connectivity index (χ4v) is 9.79. The Bertz CT molecular complexity index is 3260. The molecule has 3 heterocycles. The standard InChI is InChI=1S/C66H73N4O.Pt/c1-61(2,3)46-27-30-57-56(38-46)55-29-28-53(41-58(55)70(57)60-39-47(31-32-67-60)65(13,14)44-23-19-17-20-24-44)71-54-37-50(66(15,16)45-25-21-18-22-26-45)36-51(40-54)68-42-59(64(10,11)12)69(43-68)52-34-48(62(4,5)6)33-49(35-52)63(7,8)9;/h17-39,42-43H,1-16H3;/q-3;. The van der Waals surface area contributed by atoms with Crippen LogP contribution in [0.2, 0.25) is 0 Å². The first-order valence-electron chi connectivity index (χ1n) is 25.4. The SMILES string of the molecule is CC(C)(C)C1=CN(c2[c-]c(Oc3[c-]c4c(cc3)c3cc(C(C)(C)C)ccc3n4-c3cc(C(C)(C)c4ccccc4)ccn3)cc(C(C)(C)c3ccccc3)c2)[CH-]N1c1cc(C(C)(C)C)cc(C(C)(C)C)c1.[Pt]. The first kappa shape index (κ1) is 52.4. The van der Waals surface area contributed by atoms with Crippen LogP contribution >= 0.6 is 0 Å². The van der Waals surface area contributed by atoms with Gasteiger partial charge in [-0.25, -0.2) is 4.98 Å². The van der Waals surface area contributed by atoms with E-state index < -0.39 is 0 Å². The number of benzene rings is 6. The first-order valence-corrected chi connectivity index (χ1v) is 25.4. The van der Waals surface area contributed by atoms with Crippen molar-refractivity contribution in [2.45, 2.75) is 138 Å². The maximum Gasteiger partial charge on any atom is 0.135 e. The van der Waals surface area contributed by atoms with E-state index in [9.17, 15) is 0 Å². The van der Waals surface area contributed by atoms with Gasteiger partial charge in [-0.15, -0.1) is 53.6 Å². The van der Waals surface area contributed by atoms with Crippen LogP contribution in [0, 0.1) is 24.2 Å². The predicted octanol–water partition coefficient (Wildman–Crippen LogP) is 17.4. The molecular weight excluding hydrogens is 1060 g/mol. The molecule has 1 aliphatic rings. The molecule has 8 aromatic rings. The third-order valence-corrected chi connectivity index (χ3v) is 14.7. The van der Waals surface area contributed by atoms with Gasteiger partial charge in [-0.1, -0.05) is 195 Å². The Balaban J connectivity index is 0.00000693. The number of pyridine rings is 1. The van der Waals surface area contributed by atoms with Gasteiger partial charge in [0.15, 0.2) is 0 Å². The maximum absolute atomic E-state index is 7.05. The van der Waals surface area contributed by atoms with Crippen molar-refractivity contribution < 1.29 is 25.8 Å². The van der Waals surface area contributed by atoms with Gasteiger partial charge in [0.05, 0.1) is 0 Å². The minimum absolute atomic E-state index is 0. The molecule has 6 aromatic carbocycles. The fraction of sp³-hybridized carbons (Fsp3) is 0.333. The zero-order valence-corrected chi connectivity index (χ0v) is 47.7. The number of ether oxygens (including phenoxy) is 1. The molecule has 0 bridgehead atoms. The van der Waals surface area contributed by atoms with Crippen molar-refractivity contribution in [2.75, 3.05) is 9.80 Å². The molecule has 0 saturated heterocycles. The van der Waals surface area contributed by atoms with E-state index in [4.69, 9.17) is 9.72 Å². The van der Waals surface area contributed by atoms with Crippen LogP contribution in [0.3, 0.4) is 0 Å². The number of anilines is 2. The van der Waals surface area contributed by atoms with Crippen LogP contribution in [0.5, 0.6) is 11.5 Å². The van der Waals surface area contributed by atoms with Crippen molar-refractivity contribution in [1.29, 1.82) is 0 Å². The van der Waals surface area contributed by atoms with E-state index in [1.165, 1.54) is 39.1 Å². The summed E-state index contributed by atoms with van der Waals surface area (Å²) in [4.78, 5) is 9.67. The van der Waals surface area contributed by atoms with Crippen LogP contribution in [-0.4, -0.2) is 9.55 Å². The molecule has 376 valence electrons. The predicted molar refractivity (Wildman–Crippen MR) is 299 cm³/mol. The summed E-state index contributed by atoms with van der Waals surface area (Å²) in [5.41, 5.74) is 13.0. The normalized spacial score (nSPS) is 14.0. The Morgan fingerprint density at radius 2 is 1.06 bits per heavy atom. The van der Waals surface area contributed by atoms with E-state index in [2.05, 4.69) is 284 Å². The van der Waals surface area contributed by atoms with Gasteiger partial charge in [0.25, 0.3) is 0 Å². The summed E-state index contributed by atoms with van der Waals surface area (Å²) in [6.07, 6.45) is 4.21. The van der Waals surface area contributed by atoms with Crippen molar-refractivity contribution in [2.24, 2.45) is 5.41 Å². The molecule has 0 aliphatic carbocycles. The molecule has 0 unspecified atom stereocenters. The van der Waals surface area contributed by atoms with E-state index in [-0.39, 0.29) is 53.6 Å². The summed E-state index contributed by atoms with van der Waals surface area (Å²) in [6, 6.07) is 56.0. The molecular formula is C66H73N4OPt-3. The summed E-state index contributed by atoms with van der Waals surface area (Å²) in [7, 11) is 0. The third-order valence-electron chi connectivity index (χ3n) is 14.7. The first-order chi connectivity index (χ1) is 33.2. The van der Waals surface area contributed by atoms with Gasteiger partial charge >= 0.3 is 0 Å². The topological polar surface area (TPSA) is 33.5 Å². The molecule has 0 N–H and O–H groups in total. The van der Waals surface area contributed by atoms with Gasteiger partial charge in [0.2, 0.25) is 0 Å².